The molecule has 0 aliphatic carbocycles. The second-order valence-corrected chi connectivity index (χ2v) is 7.91. The fraction of sp³-hybridized carbons (Fsp3) is 0.0909. The fourth-order valence-corrected chi connectivity index (χ4v) is 3.33. The van der Waals surface area contributed by atoms with E-state index >= 15 is 0 Å². The maximum atomic E-state index is 12.4. The van der Waals surface area contributed by atoms with E-state index in [1.54, 1.807) is 12.1 Å². The van der Waals surface area contributed by atoms with E-state index in [1.165, 1.54) is 19.2 Å². The third-order valence-corrected chi connectivity index (χ3v) is 5.28. The van der Waals surface area contributed by atoms with Crippen molar-refractivity contribution >= 4 is 21.8 Å². The molecule has 0 saturated carbocycles. The molecule has 2 N–H and O–H groups in total. The van der Waals surface area contributed by atoms with Crippen molar-refractivity contribution in [3.05, 3.63) is 83.9 Å². The minimum atomic E-state index is -4.02. The molecule has 0 aliphatic rings. The Bertz CT molecular complexity index is 1170. The second-order valence-electron chi connectivity index (χ2n) is 6.35. The minimum absolute atomic E-state index is 0.104. The minimum Gasteiger partial charge on any atom is -0.496 e. The zero-order chi connectivity index (χ0) is 21.7. The third kappa shape index (κ3) is 4.91. The third-order valence-electron chi connectivity index (χ3n) is 4.37. The lowest BCUT2D eigenvalue weighted by molar-refractivity contribution is 0.0471. The van der Waals surface area contributed by atoms with Gasteiger partial charge in [0.2, 0.25) is 10.0 Å². The maximum absolute atomic E-state index is 12.4. The van der Waals surface area contributed by atoms with Crippen molar-refractivity contribution in [2.45, 2.75) is 4.90 Å². The number of ether oxygens (including phenoxy) is 2. The maximum Gasteiger partial charge on any atom is 0.342 e. The Balaban J connectivity index is 1.71. The Morgan fingerprint density at radius 1 is 0.900 bits per heavy atom. The zero-order valence-electron chi connectivity index (χ0n) is 16.1. The molecule has 0 spiro atoms. The van der Waals surface area contributed by atoms with Crippen LogP contribution >= 0.6 is 0 Å². The van der Waals surface area contributed by atoms with Gasteiger partial charge < -0.3 is 9.47 Å². The van der Waals surface area contributed by atoms with Gasteiger partial charge in [0, 0.05) is 5.56 Å². The van der Waals surface area contributed by atoms with E-state index in [0.29, 0.717) is 5.56 Å². The van der Waals surface area contributed by atoms with Gasteiger partial charge >= 0.3 is 5.97 Å². The summed E-state index contributed by atoms with van der Waals surface area (Å²) in [6.07, 6.45) is 0. The molecule has 7 nitrogen and oxygen atoms in total. The topological polar surface area (TPSA) is 113 Å². The van der Waals surface area contributed by atoms with E-state index < -0.39 is 28.4 Å². The van der Waals surface area contributed by atoms with Crippen molar-refractivity contribution in [1.82, 2.24) is 0 Å². The summed E-state index contributed by atoms with van der Waals surface area (Å²) in [6, 6.07) is 20.2. The van der Waals surface area contributed by atoms with Crippen molar-refractivity contribution < 1.29 is 27.5 Å². The molecule has 0 unspecified atom stereocenters. The molecule has 3 aromatic rings. The molecule has 0 atom stereocenters. The molecular weight excluding hydrogens is 406 g/mol. The molecule has 0 amide bonds. The predicted octanol–water partition coefficient (Wildman–Crippen LogP) is 3.05. The number of Topliss-reactive ketones (excluding diaryl/α,β-unsaturated/α-hetero) is 1. The molecular formula is C22H19NO6S. The Morgan fingerprint density at radius 2 is 1.53 bits per heavy atom. The summed E-state index contributed by atoms with van der Waals surface area (Å²) in [5.41, 5.74) is 2.21. The van der Waals surface area contributed by atoms with Crippen molar-refractivity contribution in [3.63, 3.8) is 0 Å². The monoisotopic (exact) mass is 425 g/mol. The first-order valence-corrected chi connectivity index (χ1v) is 10.4. The predicted molar refractivity (Wildman–Crippen MR) is 111 cm³/mol. The number of methoxy groups -OCH3 is 1. The first kappa shape index (κ1) is 21.2. The number of hydrogen-bond acceptors (Lipinski definition) is 6. The van der Waals surface area contributed by atoms with Crippen molar-refractivity contribution in [1.29, 1.82) is 0 Å². The number of nitrogens with two attached hydrogens (primary N) is 1. The molecule has 3 aromatic carbocycles. The van der Waals surface area contributed by atoms with Crippen LogP contribution in [0.5, 0.6) is 5.75 Å². The second kappa shape index (κ2) is 8.89. The molecule has 0 fully saturated rings. The Hall–Kier alpha value is -3.49. The molecule has 0 aromatic heterocycles. The van der Waals surface area contributed by atoms with E-state index in [1.807, 2.05) is 42.5 Å². The highest BCUT2D eigenvalue weighted by atomic mass is 32.2. The summed E-state index contributed by atoms with van der Waals surface area (Å²) in [5.74, 6) is -1.19. The highest BCUT2D eigenvalue weighted by Gasteiger charge is 2.19. The SMILES string of the molecule is COc1ccc(S(N)(=O)=O)cc1C(=O)OCC(=O)c1ccc(-c2ccccc2)cc1. The van der Waals surface area contributed by atoms with E-state index in [9.17, 15) is 18.0 Å². The number of benzene rings is 3. The van der Waals surface area contributed by atoms with Crippen molar-refractivity contribution in [2.24, 2.45) is 5.14 Å². The first-order chi connectivity index (χ1) is 14.3. The Morgan fingerprint density at radius 3 is 2.13 bits per heavy atom. The Labute approximate surface area is 174 Å². The number of primary sulfonamides is 1. The summed E-state index contributed by atoms with van der Waals surface area (Å²) in [5, 5.41) is 5.09. The average Bonchev–Trinajstić information content (AvgIpc) is 2.76. The lowest BCUT2D eigenvalue weighted by Gasteiger charge is -2.10. The number of carbonyl (C=O) groups is 2. The van der Waals surface area contributed by atoms with Crippen LogP contribution in [-0.2, 0) is 14.8 Å². The quantitative estimate of drug-likeness (QED) is 0.460. The first-order valence-electron chi connectivity index (χ1n) is 8.86. The highest BCUT2D eigenvalue weighted by molar-refractivity contribution is 7.89. The summed E-state index contributed by atoms with van der Waals surface area (Å²) < 4.78 is 33.2. The lowest BCUT2D eigenvalue weighted by Crippen LogP contribution is -2.17. The number of rotatable bonds is 7. The number of ketones is 1. The summed E-state index contributed by atoms with van der Waals surface area (Å²) in [7, 11) is -2.69. The van der Waals surface area contributed by atoms with Crippen LogP contribution in [0.4, 0.5) is 0 Å². The van der Waals surface area contributed by atoms with Crippen LogP contribution in [0.15, 0.2) is 77.7 Å². The van der Waals surface area contributed by atoms with E-state index in [0.717, 1.165) is 17.2 Å². The molecule has 0 saturated heterocycles. The summed E-state index contributed by atoms with van der Waals surface area (Å²) in [4.78, 5) is 24.5. The van der Waals surface area contributed by atoms with E-state index in [4.69, 9.17) is 14.6 Å². The number of sulfonamides is 1. The summed E-state index contributed by atoms with van der Waals surface area (Å²) in [6.45, 7) is -0.508. The van der Waals surface area contributed by atoms with Crippen LogP contribution in [-0.4, -0.2) is 33.9 Å². The van der Waals surface area contributed by atoms with E-state index in [-0.39, 0.29) is 16.2 Å². The lowest BCUT2D eigenvalue weighted by atomic mass is 10.0. The number of carbonyl (C=O) groups excluding carboxylic acids is 2. The number of hydrogen-bond donors (Lipinski definition) is 1. The van der Waals surface area contributed by atoms with Crippen LogP contribution in [0, 0.1) is 0 Å². The van der Waals surface area contributed by atoms with Gasteiger partial charge in [0.1, 0.15) is 11.3 Å². The van der Waals surface area contributed by atoms with Gasteiger partial charge in [0.05, 0.1) is 12.0 Å². The van der Waals surface area contributed by atoms with Gasteiger partial charge in [-0.15, -0.1) is 0 Å². The molecule has 0 aliphatic heterocycles. The van der Waals surface area contributed by atoms with Gasteiger partial charge in [-0.2, -0.15) is 0 Å². The standard InChI is InChI=1S/C22H19NO6S/c1-28-21-12-11-18(30(23,26)27)13-19(21)22(25)29-14-20(24)17-9-7-16(8-10-17)15-5-3-2-4-6-15/h2-13H,14H2,1H3,(H2,23,26,27). The average molecular weight is 425 g/mol. The highest BCUT2D eigenvalue weighted by Crippen LogP contribution is 2.23. The molecule has 3 rings (SSSR count). The van der Waals surface area contributed by atoms with Crippen molar-refractivity contribution in [3.8, 4) is 16.9 Å². The van der Waals surface area contributed by atoms with Gasteiger partial charge in [0.25, 0.3) is 0 Å². The van der Waals surface area contributed by atoms with Crippen LogP contribution in [0.1, 0.15) is 20.7 Å². The number of esters is 1. The molecule has 8 heteroatoms. The normalized spacial score (nSPS) is 11.0. The molecule has 154 valence electrons. The van der Waals surface area contributed by atoms with Gasteiger partial charge in [-0.1, -0.05) is 54.6 Å². The smallest absolute Gasteiger partial charge is 0.342 e. The van der Waals surface area contributed by atoms with Crippen LogP contribution in [0.25, 0.3) is 11.1 Å². The molecule has 0 radical (unpaired) electrons. The molecule has 30 heavy (non-hydrogen) atoms. The van der Waals surface area contributed by atoms with Crippen LogP contribution in [0.2, 0.25) is 0 Å². The van der Waals surface area contributed by atoms with Gasteiger partial charge in [-0.05, 0) is 29.3 Å². The molecule has 0 heterocycles. The van der Waals surface area contributed by atoms with Gasteiger partial charge in [-0.25, -0.2) is 18.4 Å². The largest absolute Gasteiger partial charge is 0.496 e. The van der Waals surface area contributed by atoms with Crippen molar-refractivity contribution in [2.75, 3.05) is 13.7 Å². The van der Waals surface area contributed by atoms with E-state index in [2.05, 4.69) is 0 Å². The zero-order valence-corrected chi connectivity index (χ0v) is 16.9. The fourth-order valence-electron chi connectivity index (χ4n) is 2.79. The van der Waals surface area contributed by atoms with Gasteiger partial charge in [-0.3, -0.25) is 4.79 Å². The molecule has 0 bridgehead atoms. The van der Waals surface area contributed by atoms with Crippen LogP contribution in [0.3, 0.4) is 0 Å². The van der Waals surface area contributed by atoms with Crippen LogP contribution < -0.4 is 9.88 Å². The Kier molecular flexibility index (Phi) is 6.29. The van der Waals surface area contributed by atoms with Gasteiger partial charge in [0.15, 0.2) is 12.4 Å². The summed E-state index contributed by atoms with van der Waals surface area (Å²) >= 11 is 0.